The molecule has 0 aromatic rings. The van der Waals surface area contributed by atoms with Crippen LogP contribution >= 0.6 is 0 Å². The normalized spacial score (nSPS) is 9.43. The fourth-order valence-corrected chi connectivity index (χ4v) is 0.955. The molecule has 0 aliphatic rings. The van der Waals surface area contributed by atoms with Crippen LogP contribution in [0.15, 0.2) is 24.3 Å². The summed E-state index contributed by atoms with van der Waals surface area (Å²) >= 11 is 0. The molecule has 0 heterocycles. The van der Waals surface area contributed by atoms with E-state index >= 15 is 0 Å². The minimum absolute atomic E-state index is 0. The molecule has 0 bridgehead atoms. The smallest absolute Gasteiger partial charge is 0.333 e. The van der Waals surface area contributed by atoms with Gasteiger partial charge in [-0.15, -0.1) is 0 Å². The zero-order valence-corrected chi connectivity index (χ0v) is 17.3. The van der Waals surface area contributed by atoms with Gasteiger partial charge in [0, 0.05) is 60.0 Å². The number of hydrogen-bond donors (Lipinski definition) is 0. The van der Waals surface area contributed by atoms with E-state index in [1.165, 1.54) is 0 Å². The van der Waals surface area contributed by atoms with Crippen molar-refractivity contribution in [3.05, 3.63) is 24.3 Å². The van der Waals surface area contributed by atoms with Crippen molar-refractivity contribution in [2.45, 2.75) is 13.8 Å². The third-order valence-corrected chi connectivity index (χ3v) is 1.99. The quantitative estimate of drug-likeness (QED) is 0.213. The number of carbonyl (C=O) groups is 2. The Morgan fingerprint density at radius 1 is 0.714 bits per heavy atom. The number of esters is 2. The van der Waals surface area contributed by atoms with Crippen LogP contribution in [0.25, 0.3) is 0 Å². The average Bonchev–Trinajstić information content (AvgIpc) is 2.39. The van der Waals surface area contributed by atoms with Crippen LogP contribution < -0.4 is 0 Å². The summed E-state index contributed by atoms with van der Waals surface area (Å²) in [5, 5.41) is 0. The molecule has 0 fully saturated rings. The minimum atomic E-state index is -0.427. The molecule has 0 aliphatic heterocycles. The molecule has 0 spiro atoms. The van der Waals surface area contributed by atoms with Gasteiger partial charge in [0.05, 0.1) is 26.4 Å². The van der Waals surface area contributed by atoms with E-state index in [1.807, 2.05) is 0 Å². The Labute approximate surface area is 165 Å². The first-order chi connectivity index (χ1) is 9.45. The summed E-state index contributed by atoms with van der Waals surface area (Å²) in [5.74, 6) is -0.853. The molecule has 0 unspecified atom stereocenters. The Morgan fingerprint density at radius 2 is 1.00 bits per heavy atom. The maximum atomic E-state index is 11.0. The monoisotopic (exact) mass is 424 g/mol. The van der Waals surface area contributed by atoms with Crippen molar-refractivity contribution in [3.63, 3.8) is 0 Å². The van der Waals surface area contributed by atoms with E-state index in [0.29, 0.717) is 37.6 Å². The molecule has 21 heavy (non-hydrogen) atoms. The van der Waals surface area contributed by atoms with Crippen LogP contribution in [0.5, 0.6) is 0 Å². The van der Waals surface area contributed by atoms with Crippen LogP contribution in [0.3, 0.4) is 0 Å². The zero-order valence-electron chi connectivity index (χ0n) is 12.8. The Morgan fingerprint density at radius 3 is 1.29 bits per heavy atom. The predicted molar refractivity (Wildman–Crippen MR) is 78.9 cm³/mol. The molecular weight excluding hydrogens is 401 g/mol. The molecule has 0 amide bonds. The molecule has 116 valence electrons. The number of carbonyl (C=O) groups excluding carboxylic acids is 2. The summed E-state index contributed by atoms with van der Waals surface area (Å²) in [4.78, 5) is 22.0. The largest absolute Gasteiger partial charge is 0.460 e. The van der Waals surface area contributed by atoms with Crippen molar-refractivity contribution in [3.8, 4) is 0 Å². The SMILES string of the molecule is C=C(C)C(=O)OCCOCCOCCOC(=O)C(=C)C.[Ba]. The van der Waals surface area contributed by atoms with E-state index < -0.39 is 11.9 Å². The van der Waals surface area contributed by atoms with E-state index in [1.54, 1.807) is 13.8 Å². The van der Waals surface area contributed by atoms with Gasteiger partial charge in [0.2, 0.25) is 0 Å². The first-order valence-corrected chi connectivity index (χ1v) is 6.26. The molecular formula is C14H22BaO6. The third-order valence-electron chi connectivity index (χ3n) is 1.99. The van der Waals surface area contributed by atoms with E-state index in [4.69, 9.17) is 18.9 Å². The summed E-state index contributed by atoms with van der Waals surface area (Å²) in [6.07, 6.45) is 0. The summed E-state index contributed by atoms with van der Waals surface area (Å²) < 4.78 is 20.0. The molecule has 0 saturated carbocycles. The second kappa shape index (κ2) is 14.8. The van der Waals surface area contributed by atoms with Crippen LogP contribution in [0.1, 0.15) is 13.8 Å². The van der Waals surface area contributed by atoms with Crippen molar-refractivity contribution in [2.75, 3.05) is 39.6 Å². The fraction of sp³-hybridized carbons (Fsp3) is 0.571. The Hall–Kier alpha value is -0.0886. The third kappa shape index (κ3) is 14.6. The van der Waals surface area contributed by atoms with Gasteiger partial charge in [0.1, 0.15) is 13.2 Å². The van der Waals surface area contributed by atoms with Gasteiger partial charge in [-0.3, -0.25) is 0 Å². The van der Waals surface area contributed by atoms with Gasteiger partial charge >= 0.3 is 11.9 Å². The summed E-state index contributed by atoms with van der Waals surface area (Å²) in [6, 6.07) is 0. The van der Waals surface area contributed by atoms with Crippen molar-refractivity contribution in [1.29, 1.82) is 0 Å². The van der Waals surface area contributed by atoms with Crippen molar-refractivity contribution < 1.29 is 28.5 Å². The molecule has 0 saturated heterocycles. The van der Waals surface area contributed by atoms with Crippen molar-refractivity contribution >= 4 is 60.8 Å². The van der Waals surface area contributed by atoms with E-state index in [-0.39, 0.29) is 62.1 Å². The first kappa shape index (κ1) is 23.2. The van der Waals surface area contributed by atoms with Crippen LogP contribution in [0.4, 0.5) is 0 Å². The fourth-order valence-electron chi connectivity index (χ4n) is 0.955. The van der Waals surface area contributed by atoms with Gasteiger partial charge in [-0.2, -0.15) is 0 Å². The maximum absolute atomic E-state index is 11.0. The van der Waals surface area contributed by atoms with Gasteiger partial charge < -0.3 is 18.9 Å². The Balaban J connectivity index is 0. The molecule has 0 N–H and O–H groups in total. The van der Waals surface area contributed by atoms with Gasteiger partial charge in [0.15, 0.2) is 0 Å². The maximum Gasteiger partial charge on any atom is 0.333 e. The van der Waals surface area contributed by atoms with E-state index in [9.17, 15) is 9.59 Å². The zero-order chi connectivity index (χ0) is 15.4. The summed E-state index contributed by atoms with van der Waals surface area (Å²) in [6.45, 7) is 11.8. The second-order valence-corrected chi connectivity index (χ2v) is 4.06. The molecule has 6 nitrogen and oxygen atoms in total. The van der Waals surface area contributed by atoms with Gasteiger partial charge in [-0.25, -0.2) is 9.59 Å². The molecule has 7 heteroatoms. The second-order valence-electron chi connectivity index (χ2n) is 4.06. The standard InChI is InChI=1S/C14H22O6.Ba/c1-11(2)13(15)19-9-7-17-5-6-18-8-10-20-14(16)12(3)4;/h1,3,5-10H2,2,4H3;. The van der Waals surface area contributed by atoms with E-state index in [0.717, 1.165) is 0 Å². The molecule has 2 radical (unpaired) electrons. The molecule has 0 aromatic carbocycles. The van der Waals surface area contributed by atoms with Crippen LogP contribution in [-0.2, 0) is 28.5 Å². The van der Waals surface area contributed by atoms with Crippen molar-refractivity contribution in [1.82, 2.24) is 0 Å². The average molecular weight is 424 g/mol. The van der Waals surface area contributed by atoms with Crippen LogP contribution in [0, 0.1) is 0 Å². The van der Waals surface area contributed by atoms with Crippen LogP contribution in [0.2, 0.25) is 0 Å². The number of rotatable bonds is 11. The molecule has 0 aromatic heterocycles. The van der Waals surface area contributed by atoms with Gasteiger partial charge in [-0.05, 0) is 13.8 Å². The summed E-state index contributed by atoms with van der Waals surface area (Å²) in [5.41, 5.74) is 0.718. The minimum Gasteiger partial charge on any atom is -0.460 e. The predicted octanol–water partition coefficient (Wildman–Crippen LogP) is 0.877. The van der Waals surface area contributed by atoms with Crippen molar-refractivity contribution in [2.24, 2.45) is 0 Å². The van der Waals surface area contributed by atoms with Gasteiger partial charge in [-0.1, -0.05) is 13.2 Å². The first-order valence-electron chi connectivity index (χ1n) is 6.26. The van der Waals surface area contributed by atoms with Gasteiger partial charge in [0.25, 0.3) is 0 Å². The Kier molecular flexibility index (Phi) is 16.4. The molecule has 0 rings (SSSR count). The Bertz CT molecular complexity index is 319. The summed E-state index contributed by atoms with van der Waals surface area (Å²) in [7, 11) is 0. The van der Waals surface area contributed by atoms with Crippen LogP contribution in [-0.4, -0.2) is 100 Å². The number of hydrogen-bond acceptors (Lipinski definition) is 6. The number of ether oxygens (including phenoxy) is 4. The van der Waals surface area contributed by atoms with E-state index in [2.05, 4.69) is 13.2 Å². The topological polar surface area (TPSA) is 71.1 Å². The molecule has 0 aliphatic carbocycles. The molecule has 0 atom stereocenters.